The molecule has 1 aromatic carbocycles. The molecule has 1 aliphatic rings. The van der Waals surface area contributed by atoms with E-state index in [0.29, 0.717) is 45.0 Å². The smallest absolute Gasteiger partial charge is 0.293 e. The number of aromatic nitrogens is 2. The summed E-state index contributed by atoms with van der Waals surface area (Å²) in [5, 5.41) is 12.4. The summed E-state index contributed by atoms with van der Waals surface area (Å²) < 4.78 is 30.7. The quantitative estimate of drug-likeness (QED) is 0.498. The maximum Gasteiger partial charge on any atom is 0.293 e. The van der Waals surface area contributed by atoms with Crippen LogP contribution in [0.15, 0.2) is 23.1 Å². The largest absolute Gasteiger partial charge is 0.367 e. The number of nitrogens with zero attached hydrogens (tertiary/aromatic N) is 6. The highest BCUT2D eigenvalue weighted by Crippen LogP contribution is 2.33. The Morgan fingerprint density at radius 3 is 2.34 bits per heavy atom. The van der Waals surface area contributed by atoms with Crippen molar-refractivity contribution in [2.75, 3.05) is 54.8 Å². The Morgan fingerprint density at radius 2 is 1.83 bits per heavy atom. The lowest BCUT2D eigenvalue weighted by Crippen LogP contribution is -2.46. The Bertz CT molecular complexity index is 983. The predicted octanol–water partition coefficient (Wildman–Crippen LogP) is 1.39. The zero-order chi connectivity index (χ0) is 21.2. The molecule has 0 radical (unpaired) electrons. The standard InChI is InChI=1S/C16H23N7O4S2/c1-3-22(4-2)29(26,27)12-5-6-13(14(11-12)23(24)25)20-7-9-21(10-8-20)16-18-15(17)19-28-16/h5-6,11H,3-4,7-10H2,1-2H3,(H2,17,19). The van der Waals surface area contributed by atoms with E-state index in [1.54, 1.807) is 13.8 Å². The second-order valence-corrected chi connectivity index (χ2v) is 9.07. The Labute approximate surface area is 173 Å². The minimum atomic E-state index is -3.77. The first-order valence-corrected chi connectivity index (χ1v) is 11.4. The van der Waals surface area contributed by atoms with Gasteiger partial charge in [0.1, 0.15) is 5.69 Å². The van der Waals surface area contributed by atoms with Gasteiger partial charge in [-0.25, -0.2) is 8.42 Å². The number of benzene rings is 1. The third kappa shape index (κ3) is 4.26. The van der Waals surface area contributed by atoms with Crippen LogP contribution in [0, 0.1) is 10.1 Å². The van der Waals surface area contributed by atoms with E-state index in [-0.39, 0.29) is 16.5 Å². The van der Waals surface area contributed by atoms with Crippen LogP contribution in [0.1, 0.15) is 13.8 Å². The van der Waals surface area contributed by atoms with E-state index >= 15 is 0 Å². The van der Waals surface area contributed by atoms with E-state index in [1.807, 2.05) is 9.80 Å². The van der Waals surface area contributed by atoms with E-state index in [2.05, 4.69) is 9.36 Å². The third-order valence-electron chi connectivity index (χ3n) is 4.81. The molecule has 11 nitrogen and oxygen atoms in total. The molecule has 2 aromatic rings. The molecule has 0 saturated carbocycles. The van der Waals surface area contributed by atoms with Gasteiger partial charge in [-0.1, -0.05) is 13.8 Å². The molecule has 1 fully saturated rings. The average molecular weight is 442 g/mol. The number of nitrogens with two attached hydrogens (primary N) is 1. The lowest BCUT2D eigenvalue weighted by molar-refractivity contribution is -0.384. The first kappa shape index (κ1) is 21.2. The molecule has 158 valence electrons. The highest BCUT2D eigenvalue weighted by Gasteiger charge is 2.29. The van der Waals surface area contributed by atoms with E-state index in [0.717, 1.165) is 11.2 Å². The topological polar surface area (TPSA) is 139 Å². The lowest BCUT2D eigenvalue weighted by Gasteiger charge is -2.35. The molecule has 0 unspecified atom stereocenters. The molecule has 0 bridgehead atoms. The number of sulfonamides is 1. The monoisotopic (exact) mass is 441 g/mol. The van der Waals surface area contributed by atoms with Crippen molar-refractivity contribution in [3.63, 3.8) is 0 Å². The maximum absolute atomic E-state index is 12.7. The molecule has 29 heavy (non-hydrogen) atoms. The number of piperazine rings is 1. The lowest BCUT2D eigenvalue weighted by atomic mass is 10.2. The number of nitro benzene ring substituents is 1. The van der Waals surface area contributed by atoms with E-state index < -0.39 is 14.9 Å². The predicted molar refractivity (Wildman–Crippen MR) is 112 cm³/mol. The van der Waals surface area contributed by atoms with E-state index in [1.165, 1.54) is 28.0 Å². The molecule has 1 saturated heterocycles. The second-order valence-electron chi connectivity index (χ2n) is 6.41. The summed E-state index contributed by atoms with van der Waals surface area (Å²) in [6.07, 6.45) is 0. The van der Waals surface area contributed by atoms with Crippen molar-refractivity contribution in [3.8, 4) is 0 Å². The van der Waals surface area contributed by atoms with Crippen molar-refractivity contribution in [2.24, 2.45) is 0 Å². The summed E-state index contributed by atoms with van der Waals surface area (Å²) in [5.74, 6) is 0.230. The van der Waals surface area contributed by atoms with Gasteiger partial charge in [-0.15, -0.1) is 0 Å². The van der Waals surface area contributed by atoms with Gasteiger partial charge >= 0.3 is 0 Å². The number of anilines is 3. The van der Waals surface area contributed by atoms with Crippen molar-refractivity contribution in [2.45, 2.75) is 18.7 Å². The summed E-state index contributed by atoms with van der Waals surface area (Å²) in [7, 11) is -3.77. The average Bonchev–Trinajstić information content (AvgIpc) is 3.14. The van der Waals surface area contributed by atoms with Gasteiger partial charge < -0.3 is 15.5 Å². The molecule has 0 aliphatic carbocycles. The van der Waals surface area contributed by atoms with Crippen LogP contribution in [-0.4, -0.2) is 66.3 Å². The summed E-state index contributed by atoms with van der Waals surface area (Å²) in [6.45, 7) is 6.32. The SMILES string of the molecule is CCN(CC)S(=O)(=O)c1ccc(N2CCN(c3nc(N)ns3)CC2)c([N+](=O)[O-])c1. The molecule has 0 atom stereocenters. The second kappa shape index (κ2) is 8.47. The van der Waals surface area contributed by atoms with E-state index in [9.17, 15) is 18.5 Å². The van der Waals surface area contributed by atoms with Crippen molar-refractivity contribution >= 4 is 44.0 Å². The Morgan fingerprint density at radius 1 is 1.21 bits per heavy atom. The maximum atomic E-state index is 12.7. The minimum absolute atomic E-state index is 0.0698. The molecule has 0 spiro atoms. The molecular formula is C16H23N7O4S2. The number of nitro groups is 1. The minimum Gasteiger partial charge on any atom is -0.367 e. The third-order valence-corrected chi connectivity index (χ3v) is 7.65. The van der Waals surface area contributed by atoms with Gasteiger partial charge in [0.05, 0.1) is 9.82 Å². The number of hydrogen-bond donors (Lipinski definition) is 1. The fourth-order valence-electron chi connectivity index (χ4n) is 3.28. The van der Waals surface area contributed by atoms with Crippen molar-refractivity contribution < 1.29 is 13.3 Å². The van der Waals surface area contributed by atoms with Crippen LogP contribution in [-0.2, 0) is 10.0 Å². The summed E-state index contributed by atoms with van der Waals surface area (Å²) >= 11 is 1.21. The van der Waals surface area contributed by atoms with Crippen molar-refractivity contribution in [1.29, 1.82) is 0 Å². The van der Waals surface area contributed by atoms with Gasteiger partial charge in [-0.3, -0.25) is 10.1 Å². The van der Waals surface area contributed by atoms with Crippen molar-refractivity contribution in [1.82, 2.24) is 13.7 Å². The highest BCUT2D eigenvalue weighted by atomic mass is 32.2. The van der Waals surface area contributed by atoms with Crippen LogP contribution in [0.4, 0.5) is 22.5 Å². The van der Waals surface area contributed by atoms with Gasteiger partial charge in [0.15, 0.2) is 0 Å². The molecule has 1 aliphatic heterocycles. The Balaban J connectivity index is 1.84. The Hall–Kier alpha value is -2.51. The van der Waals surface area contributed by atoms with Crippen LogP contribution in [0.25, 0.3) is 0 Å². The normalized spacial score (nSPS) is 15.1. The molecule has 0 amide bonds. The summed E-state index contributed by atoms with van der Waals surface area (Å²) in [6, 6.07) is 4.11. The zero-order valence-corrected chi connectivity index (χ0v) is 17.8. The van der Waals surface area contributed by atoms with Gasteiger partial charge in [-0.05, 0) is 12.1 Å². The van der Waals surface area contributed by atoms with Crippen LogP contribution in [0.5, 0.6) is 0 Å². The fraction of sp³-hybridized carbons (Fsp3) is 0.500. The number of nitrogen functional groups attached to an aromatic ring is 1. The van der Waals surface area contributed by atoms with Crippen molar-refractivity contribution in [3.05, 3.63) is 28.3 Å². The highest BCUT2D eigenvalue weighted by molar-refractivity contribution is 7.89. The molecule has 1 aromatic heterocycles. The molecule has 2 N–H and O–H groups in total. The summed E-state index contributed by atoms with van der Waals surface area (Å²) in [4.78, 5) is 19.1. The van der Waals surface area contributed by atoms with Gasteiger partial charge in [0.2, 0.25) is 21.1 Å². The number of rotatable bonds is 7. The van der Waals surface area contributed by atoms with Crippen LogP contribution in [0.2, 0.25) is 0 Å². The van der Waals surface area contributed by atoms with Crippen LogP contribution in [0.3, 0.4) is 0 Å². The van der Waals surface area contributed by atoms with E-state index in [4.69, 9.17) is 5.73 Å². The van der Waals surface area contributed by atoms with Gasteiger partial charge in [0, 0.05) is 56.9 Å². The van der Waals surface area contributed by atoms with Gasteiger partial charge in [0.25, 0.3) is 5.69 Å². The first-order chi connectivity index (χ1) is 13.8. The fourth-order valence-corrected chi connectivity index (χ4v) is 5.41. The van der Waals surface area contributed by atoms with Crippen LogP contribution < -0.4 is 15.5 Å². The van der Waals surface area contributed by atoms with Crippen LogP contribution >= 0.6 is 11.5 Å². The first-order valence-electron chi connectivity index (χ1n) is 9.15. The molecule has 3 rings (SSSR count). The zero-order valence-electron chi connectivity index (χ0n) is 16.2. The van der Waals surface area contributed by atoms with Gasteiger partial charge in [-0.2, -0.15) is 13.7 Å². The summed E-state index contributed by atoms with van der Waals surface area (Å²) in [5.41, 5.74) is 5.76. The Kier molecular flexibility index (Phi) is 6.19. The molecule has 13 heteroatoms. The molecule has 2 heterocycles. The molecular weight excluding hydrogens is 418 g/mol. The number of hydrogen-bond acceptors (Lipinski definition) is 10.